The molecule has 0 unspecified atom stereocenters. The van der Waals surface area contributed by atoms with Gasteiger partial charge >= 0.3 is 0 Å². The molecule has 1 fully saturated rings. The fourth-order valence-electron chi connectivity index (χ4n) is 2.50. The lowest BCUT2D eigenvalue weighted by Crippen LogP contribution is -2.41. The summed E-state index contributed by atoms with van der Waals surface area (Å²) in [5.74, 6) is 0.606. The summed E-state index contributed by atoms with van der Waals surface area (Å²) in [4.78, 5) is 0. The Morgan fingerprint density at radius 3 is 2.95 bits per heavy atom. The highest BCUT2D eigenvalue weighted by Gasteiger charge is 2.25. The average molecular weight is 334 g/mol. The molecule has 6 heteroatoms. The molecule has 0 spiro atoms. The molecule has 3 nitrogen and oxygen atoms in total. The van der Waals surface area contributed by atoms with Crippen LogP contribution in [0, 0.1) is 0 Å². The van der Waals surface area contributed by atoms with Gasteiger partial charge in [0.05, 0.1) is 11.5 Å². The Kier molecular flexibility index (Phi) is 5.78. The molecule has 0 amide bonds. The lowest BCUT2D eigenvalue weighted by Gasteiger charge is -2.25. The van der Waals surface area contributed by atoms with Gasteiger partial charge in [-0.1, -0.05) is 23.7 Å². The minimum absolute atomic E-state index is 0.0857. The van der Waals surface area contributed by atoms with Crippen LogP contribution < -0.4 is 5.32 Å². The van der Waals surface area contributed by atoms with E-state index in [1.807, 2.05) is 18.2 Å². The third kappa shape index (κ3) is 4.65. The summed E-state index contributed by atoms with van der Waals surface area (Å²) in [5.41, 5.74) is 1.18. The monoisotopic (exact) mass is 333 g/mol. The Hall–Kier alpha value is -0.230. The summed E-state index contributed by atoms with van der Waals surface area (Å²) in [6.45, 7) is 0.766. The lowest BCUT2D eigenvalue weighted by atomic mass is 10.1. The zero-order valence-electron chi connectivity index (χ0n) is 11.5. The van der Waals surface area contributed by atoms with Crippen molar-refractivity contribution in [1.29, 1.82) is 0 Å². The van der Waals surface area contributed by atoms with Crippen molar-refractivity contribution >= 4 is 33.2 Å². The fourth-order valence-corrected chi connectivity index (χ4v) is 5.05. The van der Waals surface area contributed by atoms with Crippen LogP contribution in [-0.4, -0.2) is 38.8 Å². The molecule has 2 atom stereocenters. The molecule has 1 saturated heterocycles. The van der Waals surface area contributed by atoms with Gasteiger partial charge < -0.3 is 5.32 Å². The molecule has 0 aliphatic carbocycles. The third-order valence-electron chi connectivity index (χ3n) is 3.56. The second-order valence-electron chi connectivity index (χ2n) is 5.14. The van der Waals surface area contributed by atoms with E-state index in [0.29, 0.717) is 11.0 Å². The lowest BCUT2D eigenvalue weighted by molar-refractivity contribution is 0.482. The summed E-state index contributed by atoms with van der Waals surface area (Å²) in [6, 6.07) is 7.94. The van der Waals surface area contributed by atoms with E-state index in [1.54, 1.807) is 11.8 Å². The highest BCUT2D eigenvalue weighted by molar-refractivity contribution is 7.98. The van der Waals surface area contributed by atoms with Crippen molar-refractivity contribution in [3.8, 4) is 0 Å². The zero-order chi connectivity index (χ0) is 14.6. The van der Waals surface area contributed by atoms with Crippen LogP contribution in [0.15, 0.2) is 24.3 Å². The minimum atomic E-state index is -2.85. The van der Waals surface area contributed by atoms with Gasteiger partial charge in [0.15, 0.2) is 9.84 Å². The Labute approximate surface area is 130 Å². The molecular weight excluding hydrogens is 314 g/mol. The zero-order valence-corrected chi connectivity index (χ0v) is 13.9. The molecule has 0 radical (unpaired) electrons. The maximum atomic E-state index is 11.6. The van der Waals surface area contributed by atoms with Crippen LogP contribution in [0.5, 0.6) is 0 Å². The number of hydrogen-bond donors (Lipinski definition) is 1. The Bertz CT molecular complexity index is 548. The van der Waals surface area contributed by atoms with Gasteiger partial charge in [0.25, 0.3) is 0 Å². The summed E-state index contributed by atoms with van der Waals surface area (Å²) >= 11 is 7.77. The summed E-state index contributed by atoms with van der Waals surface area (Å²) in [6.07, 6.45) is 3.77. The van der Waals surface area contributed by atoms with Crippen molar-refractivity contribution in [1.82, 2.24) is 5.32 Å². The number of benzene rings is 1. The van der Waals surface area contributed by atoms with E-state index in [2.05, 4.69) is 17.6 Å². The van der Waals surface area contributed by atoms with Crippen LogP contribution in [0.25, 0.3) is 0 Å². The first-order valence-corrected chi connectivity index (χ1v) is 10.2. The molecule has 0 bridgehead atoms. The van der Waals surface area contributed by atoms with E-state index in [1.165, 1.54) is 5.56 Å². The number of halogens is 1. The van der Waals surface area contributed by atoms with Crippen molar-refractivity contribution in [3.05, 3.63) is 34.9 Å². The van der Waals surface area contributed by atoms with E-state index in [4.69, 9.17) is 11.6 Å². The van der Waals surface area contributed by atoms with Crippen LogP contribution in [0.3, 0.4) is 0 Å². The van der Waals surface area contributed by atoms with Crippen LogP contribution in [0.4, 0.5) is 0 Å². The van der Waals surface area contributed by atoms with Crippen LogP contribution in [-0.2, 0) is 9.84 Å². The molecule has 1 heterocycles. The second-order valence-corrected chi connectivity index (χ2v) is 8.85. The largest absolute Gasteiger partial charge is 0.312 e. The fraction of sp³-hybridized carbons (Fsp3) is 0.571. The standard InChI is InChI=1S/C14H20ClNO2S2/c1-19-14(11-4-2-5-12(15)8-11)9-16-13-6-3-7-20(17,18)10-13/h2,4-5,8,13-14,16H,3,6-7,9-10H2,1H3/t13-,14-/m1/s1. The van der Waals surface area contributed by atoms with Crippen molar-refractivity contribution in [2.24, 2.45) is 0 Å². The molecule has 1 aliphatic rings. The summed E-state index contributed by atoms with van der Waals surface area (Å²) in [7, 11) is -2.85. The van der Waals surface area contributed by atoms with Gasteiger partial charge in [-0.2, -0.15) is 11.8 Å². The Balaban J connectivity index is 1.94. The molecule has 0 aromatic heterocycles. The highest BCUT2D eigenvalue weighted by atomic mass is 35.5. The first-order valence-electron chi connectivity index (χ1n) is 6.72. The number of sulfone groups is 1. The van der Waals surface area contributed by atoms with Crippen molar-refractivity contribution in [3.63, 3.8) is 0 Å². The van der Waals surface area contributed by atoms with Crippen LogP contribution >= 0.6 is 23.4 Å². The Morgan fingerprint density at radius 1 is 1.50 bits per heavy atom. The van der Waals surface area contributed by atoms with Gasteiger partial charge in [0.1, 0.15) is 0 Å². The van der Waals surface area contributed by atoms with Crippen LogP contribution in [0.1, 0.15) is 23.7 Å². The first-order chi connectivity index (χ1) is 9.50. The van der Waals surface area contributed by atoms with Crippen LogP contribution in [0.2, 0.25) is 5.02 Å². The topological polar surface area (TPSA) is 46.2 Å². The normalized spacial score (nSPS) is 23.4. The van der Waals surface area contributed by atoms with E-state index in [-0.39, 0.29) is 11.8 Å². The molecule has 20 heavy (non-hydrogen) atoms. The molecular formula is C14H20ClNO2S2. The molecule has 1 N–H and O–H groups in total. The van der Waals surface area contributed by atoms with E-state index in [0.717, 1.165) is 24.4 Å². The van der Waals surface area contributed by atoms with Gasteiger partial charge in [0.2, 0.25) is 0 Å². The Morgan fingerprint density at radius 2 is 2.30 bits per heavy atom. The van der Waals surface area contributed by atoms with Gasteiger partial charge in [-0.05, 0) is 36.8 Å². The molecule has 0 saturated carbocycles. The van der Waals surface area contributed by atoms with Gasteiger partial charge in [-0.3, -0.25) is 0 Å². The smallest absolute Gasteiger partial charge is 0.151 e. The average Bonchev–Trinajstić information content (AvgIpc) is 2.38. The first kappa shape index (κ1) is 16.1. The maximum absolute atomic E-state index is 11.6. The van der Waals surface area contributed by atoms with Gasteiger partial charge in [-0.25, -0.2) is 8.42 Å². The quantitative estimate of drug-likeness (QED) is 0.900. The molecule has 2 rings (SSSR count). The van der Waals surface area contributed by atoms with Gasteiger partial charge in [-0.15, -0.1) is 0 Å². The van der Waals surface area contributed by atoms with E-state index < -0.39 is 9.84 Å². The SMILES string of the molecule is CS[C@H](CN[C@@H]1CCCS(=O)(=O)C1)c1cccc(Cl)c1. The van der Waals surface area contributed by atoms with E-state index >= 15 is 0 Å². The third-order valence-corrected chi connectivity index (χ3v) is 6.62. The highest BCUT2D eigenvalue weighted by Crippen LogP contribution is 2.28. The number of hydrogen-bond acceptors (Lipinski definition) is 4. The molecule has 1 aromatic carbocycles. The predicted octanol–water partition coefficient (Wildman–Crippen LogP) is 2.91. The van der Waals surface area contributed by atoms with Crippen molar-refractivity contribution < 1.29 is 8.42 Å². The number of rotatable bonds is 5. The summed E-state index contributed by atoms with van der Waals surface area (Å²) < 4.78 is 23.3. The van der Waals surface area contributed by atoms with E-state index in [9.17, 15) is 8.42 Å². The van der Waals surface area contributed by atoms with Crippen molar-refractivity contribution in [2.45, 2.75) is 24.1 Å². The summed E-state index contributed by atoms with van der Waals surface area (Å²) in [5, 5.41) is 4.43. The molecule has 1 aromatic rings. The maximum Gasteiger partial charge on any atom is 0.151 e. The number of thioether (sulfide) groups is 1. The van der Waals surface area contributed by atoms with Gasteiger partial charge in [0, 0.05) is 22.9 Å². The molecule has 112 valence electrons. The second kappa shape index (κ2) is 7.16. The number of nitrogens with one attached hydrogen (secondary N) is 1. The predicted molar refractivity (Wildman–Crippen MR) is 87.4 cm³/mol. The molecule has 1 aliphatic heterocycles. The minimum Gasteiger partial charge on any atom is -0.312 e. The van der Waals surface area contributed by atoms with Crippen molar-refractivity contribution in [2.75, 3.05) is 24.3 Å².